The van der Waals surface area contributed by atoms with E-state index in [0.29, 0.717) is 6.42 Å². The second kappa shape index (κ2) is 3.74. The molecular weight excluding hydrogens is 212 g/mol. The Hall–Kier alpha value is -2.08. The van der Waals surface area contributed by atoms with E-state index in [1.54, 1.807) is 0 Å². The number of aromatic nitrogens is 1. The molecule has 0 unspecified atom stereocenters. The van der Waals surface area contributed by atoms with Crippen LogP contribution in [0.5, 0.6) is 0 Å². The number of carbonyl (C=O) groups is 1. The lowest BCUT2D eigenvalue weighted by Gasteiger charge is -2.12. The number of hydrogen-bond acceptors (Lipinski definition) is 2. The van der Waals surface area contributed by atoms with Crippen LogP contribution in [0, 0.1) is 11.3 Å². The van der Waals surface area contributed by atoms with Crippen LogP contribution in [0.2, 0.25) is 0 Å². The van der Waals surface area contributed by atoms with Gasteiger partial charge < -0.3 is 4.57 Å². The molecule has 2 aromatic rings. The standard InChI is InChI=1S/C14H12N2O/c15-8-9-16-12-6-2-1-4-10(12)11-5-3-7-13(17)14(11)16/h1-2,4,6H,3,5,7,9H2. The molecule has 0 bridgehead atoms. The van der Waals surface area contributed by atoms with Crippen molar-refractivity contribution in [1.29, 1.82) is 5.26 Å². The average Bonchev–Trinajstić information content (AvgIpc) is 2.67. The van der Waals surface area contributed by atoms with Crippen LogP contribution in [-0.2, 0) is 13.0 Å². The summed E-state index contributed by atoms with van der Waals surface area (Å²) in [6.45, 7) is 0.252. The highest BCUT2D eigenvalue weighted by atomic mass is 16.1. The average molecular weight is 224 g/mol. The summed E-state index contributed by atoms with van der Waals surface area (Å²) < 4.78 is 1.87. The van der Waals surface area contributed by atoms with Gasteiger partial charge in [0.25, 0.3) is 0 Å². The smallest absolute Gasteiger partial charge is 0.179 e. The Labute approximate surface area is 99.3 Å². The molecule has 3 heteroatoms. The molecule has 1 aromatic carbocycles. The zero-order valence-corrected chi connectivity index (χ0v) is 9.44. The third-order valence-corrected chi connectivity index (χ3v) is 3.40. The Bertz CT molecular complexity index is 646. The van der Waals surface area contributed by atoms with E-state index in [1.165, 1.54) is 0 Å². The first kappa shape index (κ1) is 10.1. The molecule has 1 aliphatic rings. The lowest BCUT2D eigenvalue weighted by molar-refractivity contribution is 0.0964. The van der Waals surface area contributed by atoms with Crippen molar-refractivity contribution in [2.24, 2.45) is 0 Å². The topological polar surface area (TPSA) is 45.8 Å². The van der Waals surface area contributed by atoms with E-state index in [4.69, 9.17) is 5.26 Å². The van der Waals surface area contributed by atoms with Crippen LogP contribution in [0.4, 0.5) is 0 Å². The van der Waals surface area contributed by atoms with Crippen molar-refractivity contribution in [1.82, 2.24) is 4.57 Å². The number of hydrogen-bond donors (Lipinski definition) is 0. The van der Waals surface area contributed by atoms with Crippen LogP contribution in [0.25, 0.3) is 10.9 Å². The van der Waals surface area contributed by atoms with Crippen molar-refractivity contribution >= 4 is 16.7 Å². The minimum atomic E-state index is 0.178. The van der Waals surface area contributed by atoms with E-state index in [-0.39, 0.29) is 12.3 Å². The summed E-state index contributed by atoms with van der Waals surface area (Å²) in [5, 5.41) is 10.0. The van der Waals surface area contributed by atoms with Crippen LogP contribution in [0.15, 0.2) is 24.3 Å². The zero-order valence-electron chi connectivity index (χ0n) is 9.44. The van der Waals surface area contributed by atoms with Crippen molar-refractivity contribution < 1.29 is 4.79 Å². The molecule has 1 aromatic heterocycles. The highest BCUT2D eigenvalue weighted by Crippen LogP contribution is 2.31. The predicted octanol–water partition coefficient (Wildman–Crippen LogP) is 2.68. The molecular formula is C14H12N2O. The van der Waals surface area contributed by atoms with Gasteiger partial charge in [-0.3, -0.25) is 4.79 Å². The van der Waals surface area contributed by atoms with Gasteiger partial charge in [0.1, 0.15) is 6.54 Å². The molecule has 1 aliphatic carbocycles. The van der Waals surface area contributed by atoms with Crippen molar-refractivity contribution in [3.63, 3.8) is 0 Å². The lowest BCUT2D eigenvalue weighted by atomic mass is 9.94. The lowest BCUT2D eigenvalue weighted by Crippen LogP contribution is -2.15. The van der Waals surface area contributed by atoms with E-state index >= 15 is 0 Å². The molecule has 17 heavy (non-hydrogen) atoms. The fourth-order valence-corrected chi connectivity index (χ4v) is 2.73. The van der Waals surface area contributed by atoms with Gasteiger partial charge in [-0.1, -0.05) is 18.2 Å². The van der Waals surface area contributed by atoms with Crippen molar-refractivity contribution in [2.45, 2.75) is 25.8 Å². The molecule has 0 amide bonds. The summed E-state index contributed by atoms with van der Waals surface area (Å²) >= 11 is 0. The second-order valence-corrected chi connectivity index (χ2v) is 4.37. The minimum absolute atomic E-state index is 0.178. The molecule has 0 aliphatic heterocycles. The van der Waals surface area contributed by atoms with Gasteiger partial charge in [-0.2, -0.15) is 5.26 Å². The summed E-state index contributed by atoms with van der Waals surface area (Å²) in [6, 6.07) is 10.1. The van der Waals surface area contributed by atoms with E-state index in [1.807, 2.05) is 28.8 Å². The molecule has 0 atom stereocenters. The highest BCUT2D eigenvalue weighted by Gasteiger charge is 2.25. The maximum Gasteiger partial charge on any atom is 0.179 e. The van der Waals surface area contributed by atoms with Crippen LogP contribution in [0.1, 0.15) is 28.9 Å². The fourth-order valence-electron chi connectivity index (χ4n) is 2.73. The van der Waals surface area contributed by atoms with E-state index in [0.717, 1.165) is 35.0 Å². The highest BCUT2D eigenvalue weighted by molar-refractivity contribution is 6.04. The first-order valence-corrected chi connectivity index (χ1v) is 5.83. The normalized spacial score (nSPS) is 14.6. The summed E-state index contributed by atoms with van der Waals surface area (Å²) in [6.07, 6.45) is 2.47. The van der Waals surface area contributed by atoms with Gasteiger partial charge in [-0.15, -0.1) is 0 Å². The van der Waals surface area contributed by atoms with Crippen molar-refractivity contribution in [3.8, 4) is 6.07 Å². The summed E-state index contributed by atoms with van der Waals surface area (Å²) in [7, 11) is 0. The third-order valence-electron chi connectivity index (χ3n) is 3.40. The first-order valence-electron chi connectivity index (χ1n) is 5.83. The predicted molar refractivity (Wildman–Crippen MR) is 64.8 cm³/mol. The van der Waals surface area contributed by atoms with Gasteiger partial charge >= 0.3 is 0 Å². The van der Waals surface area contributed by atoms with Crippen LogP contribution in [0.3, 0.4) is 0 Å². The zero-order chi connectivity index (χ0) is 11.8. The second-order valence-electron chi connectivity index (χ2n) is 4.37. The molecule has 0 saturated carbocycles. The molecule has 0 spiro atoms. The number of para-hydroxylation sites is 1. The molecule has 3 rings (SSSR count). The van der Waals surface area contributed by atoms with Gasteiger partial charge in [0, 0.05) is 17.3 Å². The first-order chi connectivity index (χ1) is 8.33. The summed E-state index contributed by atoms with van der Waals surface area (Å²) in [4.78, 5) is 12.0. The van der Waals surface area contributed by atoms with E-state index in [9.17, 15) is 4.79 Å². The molecule has 0 radical (unpaired) electrons. The Morgan fingerprint density at radius 2 is 2.12 bits per heavy atom. The Morgan fingerprint density at radius 1 is 1.29 bits per heavy atom. The number of rotatable bonds is 1. The van der Waals surface area contributed by atoms with E-state index < -0.39 is 0 Å². The number of benzene rings is 1. The summed E-state index contributed by atoms with van der Waals surface area (Å²) in [5.74, 6) is 0.178. The minimum Gasteiger partial charge on any atom is -0.324 e. The maximum atomic E-state index is 12.0. The Morgan fingerprint density at radius 3 is 2.94 bits per heavy atom. The van der Waals surface area contributed by atoms with Crippen molar-refractivity contribution in [3.05, 3.63) is 35.5 Å². The number of nitrogens with zero attached hydrogens (tertiary/aromatic N) is 2. The monoisotopic (exact) mass is 224 g/mol. The Kier molecular flexibility index (Phi) is 2.22. The molecule has 3 nitrogen and oxygen atoms in total. The van der Waals surface area contributed by atoms with Crippen LogP contribution in [-0.4, -0.2) is 10.4 Å². The fraction of sp³-hybridized carbons (Fsp3) is 0.286. The van der Waals surface area contributed by atoms with Gasteiger partial charge in [0.2, 0.25) is 0 Å². The molecule has 1 heterocycles. The van der Waals surface area contributed by atoms with Gasteiger partial charge in [0.05, 0.1) is 11.8 Å². The summed E-state index contributed by atoms with van der Waals surface area (Å²) in [5.41, 5.74) is 2.90. The number of fused-ring (bicyclic) bond motifs is 3. The maximum absolute atomic E-state index is 12.0. The number of nitriles is 1. The quantitative estimate of drug-likeness (QED) is 0.747. The molecule has 0 N–H and O–H groups in total. The molecule has 0 saturated heterocycles. The number of carbonyl (C=O) groups excluding carboxylic acids is 1. The van der Waals surface area contributed by atoms with E-state index in [2.05, 4.69) is 6.07 Å². The number of ketones is 1. The largest absolute Gasteiger partial charge is 0.324 e. The Balaban J connectivity index is 2.40. The van der Waals surface area contributed by atoms with Gasteiger partial charge in [0.15, 0.2) is 5.78 Å². The van der Waals surface area contributed by atoms with Crippen LogP contribution >= 0.6 is 0 Å². The molecule has 0 fully saturated rings. The van der Waals surface area contributed by atoms with Crippen molar-refractivity contribution in [2.75, 3.05) is 0 Å². The number of Topliss-reactive ketones (excluding diaryl/α,β-unsaturated/α-hetero) is 1. The van der Waals surface area contributed by atoms with Gasteiger partial charge in [-0.05, 0) is 24.5 Å². The SMILES string of the molecule is N#CCn1c2c(c3ccccc31)CCCC2=O. The van der Waals surface area contributed by atoms with Gasteiger partial charge in [-0.25, -0.2) is 0 Å². The van der Waals surface area contributed by atoms with Crippen LogP contribution < -0.4 is 0 Å². The third kappa shape index (κ3) is 1.38. The molecule has 84 valence electrons. The number of aryl methyl sites for hydroxylation is 1.